The Labute approximate surface area is 146 Å². The lowest BCUT2D eigenvalue weighted by Crippen LogP contribution is -2.70. The molecule has 1 aromatic carbocycles. The Morgan fingerprint density at radius 1 is 1.32 bits per heavy atom. The fraction of sp³-hybridized carbons (Fsp3) is 0.500. The predicted molar refractivity (Wildman–Crippen MR) is 90.6 cm³/mol. The van der Waals surface area contributed by atoms with E-state index in [9.17, 15) is 18.0 Å². The van der Waals surface area contributed by atoms with Crippen LogP contribution in [0.3, 0.4) is 0 Å². The minimum absolute atomic E-state index is 0.0113. The highest BCUT2D eigenvalue weighted by Crippen LogP contribution is 2.44. The standard InChI is InChI=1S/C16H21N3O5S/c1-24-12-4-2-11(3-5-12)8-18-15(21)19-9-16(10-19)13(14(17)20)6-7-25(16,22)23/h2-5,13H,6-10H2,1H3,(H2,17,20)(H,18,21). The molecule has 1 unspecified atom stereocenters. The Balaban J connectivity index is 1.59. The second-order valence-corrected chi connectivity index (χ2v) is 8.94. The first kappa shape index (κ1) is 17.5. The highest BCUT2D eigenvalue weighted by molar-refractivity contribution is 7.93. The summed E-state index contributed by atoms with van der Waals surface area (Å²) < 4.78 is 28.5. The molecular formula is C16H21N3O5S. The van der Waals surface area contributed by atoms with Crippen LogP contribution in [0, 0.1) is 5.92 Å². The molecule has 3 N–H and O–H groups in total. The van der Waals surface area contributed by atoms with E-state index < -0.39 is 26.4 Å². The van der Waals surface area contributed by atoms with E-state index >= 15 is 0 Å². The molecule has 2 saturated heterocycles. The molecule has 0 radical (unpaired) electrons. The number of carbonyl (C=O) groups is 2. The van der Waals surface area contributed by atoms with Gasteiger partial charge in [0.05, 0.1) is 18.8 Å². The third-order valence-corrected chi connectivity index (χ3v) is 7.63. The van der Waals surface area contributed by atoms with Crippen molar-refractivity contribution in [3.63, 3.8) is 0 Å². The largest absolute Gasteiger partial charge is 0.497 e. The van der Waals surface area contributed by atoms with Crippen LogP contribution in [0.1, 0.15) is 12.0 Å². The average Bonchev–Trinajstić information content (AvgIpc) is 2.83. The molecule has 0 aliphatic carbocycles. The van der Waals surface area contributed by atoms with Gasteiger partial charge in [0.15, 0.2) is 9.84 Å². The minimum Gasteiger partial charge on any atom is -0.497 e. The fourth-order valence-corrected chi connectivity index (χ4v) is 5.88. The van der Waals surface area contributed by atoms with Crippen molar-refractivity contribution in [2.75, 3.05) is 26.0 Å². The molecule has 25 heavy (non-hydrogen) atoms. The number of nitrogens with zero attached hydrogens (tertiary/aromatic N) is 1. The first-order valence-corrected chi connectivity index (χ1v) is 9.61. The topological polar surface area (TPSA) is 119 Å². The Kier molecular flexibility index (Phi) is 4.36. The summed E-state index contributed by atoms with van der Waals surface area (Å²) in [5, 5.41) is 2.75. The van der Waals surface area contributed by atoms with Crippen molar-refractivity contribution < 1.29 is 22.7 Å². The molecule has 2 aliphatic heterocycles. The van der Waals surface area contributed by atoms with Gasteiger partial charge in [-0.1, -0.05) is 12.1 Å². The fourth-order valence-electron chi connectivity index (χ4n) is 3.55. The van der Waals surface area contributed by atoms with Crippen LogP contribution in [0.4, 0.5) is 4.79 Å². The van der Waals surface area contributed by atoms with E-state index in [1.165, 1.54) is 4.90 Å². The predicted octanol–water partition coefficient (Wildman–Crippen LogP) is -0.121. The van der Waals surface area contributed by atoms with Crippen LogP contribution >= 0.6 is 0 Å². The molecule has 0 aromatic heterocycles. The number of sulfone groups is 1. The van der Waals surface area contributed by atoms with Gasteiger partial charge in [-0.05, 0) is 24.1 Å². The van der Waals surface area contributed by atoms with Crippen LogP contribution in [0.15, 0.2) is 24.3 Å². The van der Waals surface area contributed by atoms with Crippen molar-refractivity contribution in [1.82, 2.24) is 10.2 Å². The van der Waals surface area contributed by atoms with Crippen LogP contribution in [0.2, 0.25) is 0 Å². The third kappa shape index (κ3) is 2.92. The second kappa shape index (κ2) is 6.21. The number of nitrogens with two attached hydrogens (primary N) is 1. The lowest BCUT2D eigenvalue weighted by atomic mass is 9.83. The summed E-state index contributed by atoms with van der Waals surface area (Å²) in [6.07, 6.45) is 0.235. The number of methoxy groups -OCH3 is 1. The van der Waals surface area contributed by atoms with Crippen LogP contribution in [-0.2, 0) is 21.2 Å². The minimum atomic E-state index is -3.42. The van der Waals surface area contributed by atoms with Crippen LogP contribution in [0.25, 0.3) is 0 Å². The molecule has 0 saturated carbocycles. The summed E-state index contributed by atoms with van der Waals surface area (Å²) in [6.45, 7) is 0.340. The molecule has 1 atom stereocenters. The van der Waals surface area contributed by atoms with Crippen LogP contribution < -0.4 is 15.8 Å². The van der Waals surface area contributed by atoms with Gasteiger partial charge in [0.25, 0.3) is 0 Å². The number of primary amides is 1. The Morgan fingerprint density at radius 3 is 2.52 bits per heavy atom. The first-order valence-electron chi connectivity index (χ1n) is 7.96. The van der Waals surface area contributed by atoms with Gasteiger partial charge < -0.3 is 20.7 Å². The summed E-state index contributed by atoms with van der Waals surface area (Å²) in [4.78, 5) is 25.2. The number of hydrogen-bond acceptors (Lipinski definition) is 5. The van der Waals surface area contributed by atoms with Crippen molar-refractivity contribution in [1.29, 1.82) is 0 Å². The van der Waals surface area contributed by atoms with E-state index in [0.717, 1.165) is 11.3 Å². The molecule has 8 nitrogen and oxygen atoms in total. The highest BCUT2D eigenvalue weighted by Gasteiger charge is 2.64. The molecule has 2 fully saturated rings. The third-order valence-electron chi connectivity index (χ3n) is 5.08. The van der Waals surface area contributed by atoms with E-state index in [0.29, 0.717) is 6.54 Å². The molecular weight excluding hydrogens is 346 g/mol. The van der Waals surface area contributed by atoms with Gasteiger partial charge in [-0.2, -0.15) is 0 Å². The lowest BCUT2D eigenvalue weighted by molar-refractivity contribution is -0.124. The molecule has 2 heterocycles. The zero-order valence-corrected chi connectivity index (χ0v) is 14.7. The lowest BCUT2D eigenvalue weighted by Gasteiger charge is -2.48. The normalized spacial score (nSPS) is 23.1. The van der Waals surface area contributed by atoms with Crippen molar-refractivity contribution in [3.05, 3.63) is 29.8 Å². The van der Waals surface area contributed by atoms with Gasteiger partial charge >= 0.3 is 6.03 Å². The quantitative estimate of drug-likeness (QED) is 0.769. The van der Waals surface area contributed by atoms with Gasteiger partial charge in [0, 0.05) is 19.6 Å². The Bertz CT molecular complexity index is 784. The molecule has 3 rings (SSSR count). The number of urea groups is 1. The molecule has 1 aromatic rings. The van der Waals surface area contributed by atoms with E-state index in [2.05, 4.69) is 5.32 Å². The summed E-state index contributed by atoms with van der Waals surface area (Å²) in [6, 6.07) is 6.90. The van der Waals surface area contributed by atoms with E-state index in [-0.39, 0.29) is 31.3 Å². The SMILES string of the molecule is COc1ccc(CNC(=O)N2CC3(C2)C(C(N)=O)CCS3(=O)=O)cc1. The number of benzene rings is 1. The summed E-state index contributed by atoms with van der Waals surface area (Å²) in [7, 11) is -1.85. The molecule has 2 aliphatic rings. The highest BCUT2D eigenvalue weighted by atomic mass is 32.2. The van der Waals surface area contributed by atoms with Crippen molar-refractivity contribution in [2.45, 2.75) is 17.7 Å². The molecule has 9 heteroatoms. The summed E-state index contributed by atoms with van der Waals surface area (Å²) in [5.74, 6) is -0.659. The van der Waals surface area contributed by atoms with Crippen LogP contribution in [-0.4, -0.2) is 56.0 Å². The number of carbonyl (C=O) groups excluding carboxylic acids is 2. The van der Waals surface area contributed by atoms with Gasteiger partial charge in [-0.25, -0.2) is 13.2 Å². The zero-order valence-electron chi connectivity index (χ0n) is 13.9. The van der Waals surface area contributed by atoms with Crippen molar-refractivity contribution >= 4 is 21.8 Å². The van der Waals surface area contributed by atoms with Gasteiger partial charge in [0.2, 0.25) is 5.91 Å². The Hall–Kier alpha value is -2.29. The number of nitrogens with one attached hydrogen (secondary N) is 1. The first-order chi connectivity index (χ1) is 11.8. The second-order valence-electron chi connectivity index (χ2n) is 6.49. The van der Waals surface area contributed by atoms with Crippen molar-refractivity contribution in [2.24, 2.45) is 11.7 Å². The van der Waals surface area contributed by atoms with Gasteiger partial charge in [0.1, 0.15) is 10.5 Å². The maximum Gasteiger partial charge on any atom is 0.317 e. The van der Waals surface area contributed by atoms with E-state index in [4.69, 9.17) is 10.5 Å². The number of likely N-dealkylation sites (tertiary alicyclic amines) is 1. The van der Waals surface area contributed by atoms with Crippen LogP contribution in [0.5, 0.6) is 5.75 Å². The number of ether oxygens (including phenoxy) is 1. The smallest absolute Gasteiger partial charge is 0.317 e. The van der Waals surface area contributed by atoms with Gasteiger partial charge in [-0.3, -0.25) is 4.79 Å². The average molecular weight is 367 g/mol. The molecule has 136 valence electrons. The number of rotatable bonds is 4. The van der Waals surface area contributed by atoms with Gasteiger partial charge in [-0.15, -0.1) is 0 Å². The maximum atomic E-state index is 12.3. The number of hydrogen-bond donors (Lipinski definition) is 2. The van der Waals surface area contributed by atoms with E-state index in [1.54, 1.807) is 19.2 Å². The van der Waals surface area contributed by atoms with E-state index in [1.807, 2.05) is 12.1 Å². The molecule has 0 bridgehead atoms. The summed E-state index contributed by atoms with van der Waals surface area (Å²) >= 11 is 0. The van der Waals surface area contributed by atoms with Crippen molar-refractivity contribution in [3.8, 4) is 5.75 Å². The molecule has 3 amide bonds. The maximum absolute atomic E-state index is 12.3. The monoisotopic (exact) mass is 367 g/mol. The Morgan fingerprint density at radius 2 is 1.96 bits per heavy atom. The molecule has 1 spiro atoms. The zero-order chi connectivity index (χ0) is 18.2. The number of amides is 3. The summed E-state index contributed by atoms with van der Waals surface area (Å²) in [5.41, 5.74) is 6.25.